The first-order valence-electron chi connectivity index (χ1n) is 9.71. The maximum Gasteiger partial charge on any atom is 0.254 e. The fourth-order valence-corrected chi connectivity index (χ4v) is 4.24. The van der Waals surface area contributed by atoms with Crippen LogP contribution >= 0.6 is 0 Å². The quantitative estimate of drug-likeness (QED) is 0.736. The fourth-order valence-electron chi connectivity index (χ4n) is 4.24. The van der Waals surface area contributed by atoms with Crippen molar-refractivity contribution in [3.63, 3.8) is 0 Å². The van der Waals surface area contributed by atoms with E-state index in [0.29, 0.717) is 6.04 Å². The third kappa shape index (κ3) is 3.70. The van der Waals surface area contributed by atoms with Crippen LogP contribution in [0.4, 0.5) is 5.82 Å². The Hall–Kier alpha value is -1.70. The van der Waals surface area contributed by atoms with Gasteiger partial charge in [0.15, 0.2) is 0 Å². The number of carbonyl (C=O) groups excluding carboxylic acids is 1. The van der Waals surface area contributed by atoms with Gasteiger partial charge < -0.3 is 19.6 Å². The first-order valence-corrected chi connectivity index (χ1v) is 9.71. The molecule has 0 saturated carbocycles. The van der Waals surface area contributed by atoms with Crippen LogP contribution in [0.15, 0.2) is 18.3 Å². The zero-order chi connectivity index (χ0) is 18.1. The van der Waals surface area contributed by atoms with Gasteiger partial charge in [0.05, 0.1) is 0 Å². The molecular weight excluding hydrogens is 328 g/mol. The van der Waals surface area contributed by atoms with E-state index in [4.69, 9.17) is 0 Å². The highest BCUT2D eigenvalue weighted by Gasteiger charge is 2.31. The van der Waals surface area contributed by atoms with Gasteiger partial charge in [-0.3, -0.25) is 9.69 Å². The summed E-state index contributed by atoms with van der Waals surface area (Å²) in [6, 6.07) is 4.40. The second kappa shape index (κ2) is 7.50. The molecule has 7 heteroatoms. The summed E-state index contributed by atoms with van der Waals surface area (Å²) in [6.07, 6.45) is 1.79. The summed E-state index contributed by atoms with van der Waals surface area (Å²) in [5.41, 5.74) is 0.766. The fraction of sp³-hybridized carbons (Fsp3) is 0.684. The molecule has 3 saturated heterocycles. The van der Waals surface area contributed by atoms with Crippen molar-refractivity contribution in [3.05, 3.63) is 23.9 Å². The molecule has 3 aliphatic heterocycles. The van der Waals surface area contributed by atoms with Crippen molar-refractivity contribution in [2.75, 3.05) is 84.4 Å². The summed E-state index contributed by atoms with van der Waals surface area (Å²) >= 11 is 0. The molecule has 142 valence electrons. The van der Waals surface area contributed by atoms with Crippen LogP contribution < -0.4 is 4.90 Å². The van der Waals surface area contributed by atoms with Gasteiger partial charge in [-0.25, -0.2) is 4.98 Å². The number of carbonyl (C=O) groups is 1. The van der Waals surface area contributed by atoms with Crippen molar-refractivity contribution in [3.8, 4) is 0 Å². The van der Waals surface area contributed by atoms with Crippen molar-refractivity contribution in [1.82, 2.24) is 24.6 Å². The number of nitrogens with zero attached hydrogens (tertiary/aromatic N) is 6. The minimum atomic E-state index is 0.137. The Kier molecular flexibility index (Phi) is 5.11. The molecule has 1 atom stereocenters. The Morgan fingerprint density at radius 1 is 0.962 bits per heavy atom. The van der Waals surface area contributed by atoms with Gasteiger partial charge in [-0.05, 0) is 26.2 Å². The number of anilines is 1. The molecule has 0 N–H and O–H groups in total. The first-order chi connectivity index (χ1) is 12.6. The average Bonchev–Trinajstić information content (AvgIpc) is 2.67. The molecule has 0 bridgehead atoms. The van der Waals surface area contributed by atoms with E-state index >= 15 is 0 Å². The molecule has 0 radical (unpaired) electrons. The van der Waals surface area contributed by atoms with E-state index in [2.05, 4.69) is 38.7 Å². The number of aromatic nitrogens is 1. The number of likely N-dealkylation sites (N-methyl/N-ethyl adjacent to an activating group) is 2. The van der Waals surface area contributed by atoms with Crippen LogP contribution in [0.2, 0.25) is 0 Å². The molecule has 7 nitrogen and oxygen atoms in total. The van der Waals surface area contributed by atoms with Crippen molar-refractivity contribution >= 4 is 11.7 Å². The maximum absolute atomic E-state index is 12.9. The zero-order valence-corrected chi connectivity index (χ0v) is 16.0. The van der Waals surface area contributed by atoms with Crippen molar-refractivity contribution < 1.29 is 4.79 Å². The lowest BCUT2D eigenvalue weighted by molar-refractivity contribution is 0.0664. The molecule has 0 unspecified atom stereocenters. The lowest BCUT2D eigenvalue weighted by Gasteiger charge is -2.46. The van der Waals surface area contributed by atoms with Gasteiger partial charge in [0, 0.05) is 83.2 Å². The summed E-state index contributed by atoms with van der Waals surface area (Å²) in [4.78, 5) is 29.0. The molecule has 1 aromatic rings. The van der Waals surface area contributed by atoms with Gasteiger partial charge in [-0.1, -0.05) is 0 Å². The van der Waals surface area contributed by atoms with Crippen molar-refractivity contribution in [1.29, 1.82) is 0 Å². The molecule has 4 rings (SSSR count). The topological polar surface area (TPSA) is 46.2 Å². The van der Waals surface area contributed by atoms with Gasteiger partial charge in [0.2, 0.25) is 0 Å². The number of hydrogen-bond donors (Lipinski definition) is 0. The van der Waals surface area contributed by atoms with Crippen LogP contribution in [-0.2, 0) is 0 Å². The molecule has 0 aromatic carbocycles. The van der Waals surface area contributed by atoms with Crippen LogP contribution in [0, 0.1) is 0 Å². The maximum atomic E-state index is 12.9. The molecule has 0 aliphatic carbocycles. The van der Waals surface area contributed by atoms with E-state index in [0.717, 1.165) is 76.8 Å². The Balaban J connectivity index is 1.45. The van der Waals surface area contributed by atoms with Gasteiger partial charge in [-0.2, -0.15) is 0 Å². The van der Waals surface area contributed by atoms with Crippen LogP contribution in [0.5, 0.6) is 0 Å². The zero-order valence-electron chi connectivity index (χ0n) is 16.0. The molecule has 3 fully saturated rings. The summed E-state index contributed by atoms with van der Waals surface area (Å²) in [5, 5.41) is 0. The van der Waals surface area contributed by atoms with Gasteiger partial charge in [0.1, 0.15) is 5.82 Å². The summed E-state index contributed by atoms with van der Waals surface area (Å²) in [5.74, 6) is 1.08. The van der Waals surface area contributed by atoms with Gasteiger partial charge >= 0.3 is 0 Å². The number of fused-ring (bicyclic) bond motifs is 1. The van der Waals surface area contributed by atoms with Crippen LogP contribution in [0.25, 0.3) is 0 Å². The summed E-state index contributed by atoms with van der Waals surface area (Å²) in [7, 11) is 4.30. The molecule has 4 heterocycles. The van der Waals surface area contributed by atoms with Gasteiger partial charge in [-0.15, -0.1) is 0 Å². The highest BCUT2D eigenvalue weighted by Crippen LogP contribution is 2.21. The van der Waals surface area contributed by atoms with Gasteiger partial charge in [0.25, 0.3) is 5.91 Å². The number of pyridine rings is 1. The monoisotopic (exact) mass is 358 g/mol. The second-order valence-electron chi connectivity index (χ2n) is 7.90. The minimum absolute atomic E-state index is 0.137. The highest BCUT2D eigenvalue weighted by molar-refractivity contribution is 5.95. The standard InChI is InChI=1S/C19H30N6O/c1-21-5-9-24(10-6-21)19(26)16-3-4-20-18(13-16)25-12-11-23-8-7-22(2)14-17(23)15-25/h3-4,13,17H,5-12,14-15H2,1-2H3/t17-/m1/s1. The Morgan fingerprint density at radius 3 is 2.50 bits per heavy atom. The third-order valence-electron chi connectivity index (χ3n) is 6.00. The third-order valence-corrected chi connectivity index (χ3v) is 6.00. The van der Waals surface area contributed by atoms with E-state index in [1.165, 1.54) is 0 Å². The Morgan fingerprint density at radius 2 is 1.69 bits per heavy atom. The van der Waals surface area contributed by atoms with Crippen LogP contribution in [0.3, 0.4) is 0 Å². The number of rotatable bonds is 2. The molecular formula is C19H30N6O. The van der Waals surface area contributed by atoms with E-state index < -0.39 is 0 Å². The Bertz CT molecular complexity index is 645. The molecule has 1 aromatic heterocycles. The highest BCUT2D eigenvalue weighted by atomic mass is 16.2. The largest absolute Gasteiger partial charge is 0.354 e. The molecule has 3 aliphatic rings. The molecule has 0 spiro atoms. The summed E-state index contributed by atoms with van der Waals surface area (Å²) < 4.78 is 0. The van der Waals surface area contributed by atoms with Crippen molar-refractivity contribution in [2.45, 2.75) is 6.04 Å². The number of hydrogen-bond acceptors (Lipinski definition) is 6. The normalized spacial score (nSPS) is 26.0. The predicted molar refractivity (Wildman–Crippen MR) is 103 cm³/mol. The summed E-state index contributed by atoms with van der Waals surface area (Å²) in [6.45, 7) is 9.98. The second-order valence-corrected chi connectivity index (χ2v) is 7.90. The first kappa shape index (κ1) is 17.7. The smallest absolute Gasteiger partial charge is 0.254 e. The molecule has 1 amide bonds. The lowest BCUT2D eigenvalue weighted by Crippen LogP contribution is -2.61. The van der Waals surface area contributed by atoms with E-state index in [1.54, 1.807) is 6.20 Å². The Labute approximate surface area is 156 Å². The van der Waals surface area contributed by atoms with E-state index in [1.807, 2.05) is 17.0 Å². The predicted octanol–water partition coefficient (Wildman–Crippen LogP) is -0.0948. The van der Waals surface area contributed by atoms with Crippen molar-refractivity contribution in [2.24, 2.45) is 0 Å². The van der Waals surface area contributed by atoms with E-state index in [-0.39, 0.29) is 5.91 Å². The minimum Gasteiger partial charge on any atom is -0.354 e. The van der Waals surface area contributed by atoms with Crippen LogP contribution in [-0.4, -0.2) is 116 Å². The number of amides is 1. The molecule has 26 heavy (non-hydrogen) atoms. The van der Waals surface area contributed by atoms with Crippen LogP contribution in [0.1, 0.15) is 10.4 Å². The average molecular weight is 358 g/mol. The number of piperazine rings is 3. The van der Waals surface area contributed by atoms with E-state index in [9.17, 15) is 4.79 Å². The SMILES string of the molecule is CN1CCN(C(=O)c2ccnc(N3CCN4CCN(C)C[C@@H]4C3)c2)CC1. The lowest BCUT2D eigenvalue weighted by atomic mass is 10.1.